The molecule has 0 aromatic heterocycles. The largest absolute Gasteiger partial charge is 0.393 e. The van der Waals surface area contributed by atoms with Gasteiger partial charge in [-0.2, -0.15) is 0 Å². The summed E-state index contributed by atoms with van der Waals surface area (Å²) in [7, 11) is 0. The Hall–Kier alpha value is -0.680. The van der Waals surface area contributed by atoms with Gasteiger partial charge in [0.15, 0.2) is 0 Å². The molecule has 2 aliphatic rings. The van der Waals surface area contributed by atoms with Gasteiger partial charge in [0.1, 0.15) is 0 Å². The van der Waals surface area contributed by atoms with Crippen LogP contribution in [-0.4, -0.2) is 41.5 Å². The smallest absolute Gasteiger partial charge is 0.234 e. The summed E-state index contributed by atoms with van der Waals surface area (Å²) < 4.78 is 0. The Morgan fingerprint density at radius 3 is 2.39 bits per heavy atom. The van der Waals surface area contributed by atoms with Crippen LogP contribution in [0, 0.1) is 5.92 Å². The quantitative estimate of drug-likeness (QED) is 0.749. The van der Waals surface area contributed by atoms with Gasteiger partial charge in [-0.05, 0) is 38.8 Å². The molecule has 2 rings (SSSR count). The summed E-state index contributed by atoms with van der Waals surface area (Å²) in [6.07, 6.45) is 6.79. The third kappa shape index (κ3) is 3.92. The number of hydrogen-bond acceptors (Lipinski definition) is 3. The zero-order valence-electron chi connectivity index (χ0n) is 10.9. The lowest BCUT2D eigenvalue weighted by atomic mass is 9.97. The van der Waals surface area contributed by atoms with Gasteiger partial charge < -0.3 is 11.1 Å². The van der Waals surface area contributed by atoms with E-state index in [9.17, 15) is 4.79 Å². The number of nitrogens with two attached hydrogens (primary N) is 1. The number of nitrogens with one attached hydrogen (secondary N) is 1. The predicted octanol–water partition coefficient (Wildman–Crippen LogP) is 1.04. The van der Waals surface area contributed by atoms with Crippen molar-refractivity contribution in [3.05, 3.63) is 0 Å². The van der Waals surface area contributed by atoms with Gasteiger partial charge >= 0.3 is 0 Å². The van der Waals surface area contributed by atoms with E-state index in [1.165, 1.54) is 12.8 Å². The van der Waals surface area contributed by atoms with Crippen LogP contribution in [-0.2, 0) is 4.79 Å². The summed E-state index contributed by atoms with van der Waals surface area (Å²) in [6.45, 7) is 2.39. The lowest BCUT2D eigenvalue weighted by Crippen LogP contribution is -2.45. The maximum Gasteiger partial charge on any atom is 0.234 e. The Morgan fingerprint density at radius 2 is 1.83 bits per heavy atom. The highest BCUT2D eigenvalue weighted by Crippen LogP contribution is 2.19. The molecule has 0 bridgehead atoms. The van der Waals surface area contributed by atoms with Gasteiger partial charge in [0.2, 0.25) is 5.91 Å². The number of piperidine rings is 1. The maximum absolute atomic E-state index is 11.9. The van der Waals surface area contributed by atoms with Crippen molar-refractivity contribution < 1.29 is 4.79 Å². The molecule has 0 aromatic carbocycles. The van der Waals surface area contributed by atoms with Crippen LogP contribution in [0.25, 0.3) is 0 Å². The van der Waals surface area contributed by atoms with Gasteiger partial charge in [-0.3, -0.25) is 9.69 Å². The van der Waals surface area contributed by atoms with E-state index in [1.54, 1.807) is 0 Å². The van der Waals surface area contributed by atoms with Crippen LogP contribution >= 0.6 is 12.2 Å². The number of carbonyl (C=O) groups excluding carboxylic acids is 1. The first-order valence-corrected chi connectivity index (χ1v) is 7.37. The van der Waals surface area contributed by atoms with Crippen molar-refractivity contribution in [3.63, 3.8) is 0 Å². The van der Waals surface area contributed by atoms with Crippen LogP contribution in [0.15, 0.2) is 0 Å². The second-order valence-electron chi connectivity index (χ2n) is 5.50. The zero-order valence-corrected chi connectivity index (χ0v) is 11.7. The molecule has 4 nitrogen and oxygen atoms in total. The van der Waals surface area contributed by atoms with Crippen LogP contribution in [0.5, 0.6) is 0 Å². The molecule has 18 heavy (non-hydrogen) atoms. The first-order valence-electron chi connectivity index (χ1n) is 6.96. The summed E-state index contributed by atoms with van der Waals surface area (Å²) in [6, 6.07) is 0.423. The highest BCUT2D eigenvalue weighted by Gasteiger charge is 2.23. The Morgan fingerprint density at radius 1 is 1.22 bits per heavy atom. The van der Waals surface area contributed by atoms with E-state index in [0.29, 0.717) is 23.5 Å². The Kier molecular flexibility index (Phi) is 4.95. The van der Waals surface area contributed by atoms with Crippen LogP contribution in [0.2, 0.25) is 0 Å². The molecule has 0 atom stereocenters. The SMILES string of the molecule is NC(=S)C1CCN(CC(=O)NC2CCCC2)CC1. The monoisotopic (exact) mass is 269 g/mol. The summed E-state index contributed by atoms with van der Waals surface area (Å²) in [5.41, 5.74) is 5.66. The second-order valence-corrected chi connectivity index (χ2v) is 5.97. The fourth-order valence-corrected chi connectivity index (χ4v) is 3.16. The van der Waals surface area contributed by atoms with Crippen molar-refractivity contribution in [2.75, 3.05) is 19.6 Å². The number of thiocarbonyl (C=S) groups is 1. The van der Waals surface area contributed by atoms with E-state index in [2.05, 4.69) is 10.2 Å². The summed E-state index contributed by atoms with van der Waals surface area (Å²) in [5.74, 6) is 0.546. The zero-order chi connectivity index (χ0) is 13.0. The molecule has 102 valence electrons. The molecule has 1 amide bonds. The minimum Gasteiger partial charge on any atom is -0.393 e. The minimum absolute atomic E-state index is 0.177. The molecular weight excluding hydrogens is 246 g/mol. The average Bonchev–Trinajstić information content (AvgIpc) is 2.82. The van der Waals surface area contributed by atoms with Crippen molar-refractivity contribution in [3.8, 4) is 0 Å². The second kappa shape index (κ2) is 6.48. The number of carbonyl (C=O) groups is 1. The topological polar surface area (TPSA) is 58.4 Å². The highest BCUT2D eigenvalue weighted by atomic mass is 32.1. The van der Waals surface area contributed by atoms with E-state index in [-0.39, 0.29) is 5.91 Å². The van der Waals surface area contributed by atoms with Gasteiger partial charge in [-0.1, -0.05) is 25.1 Å². The minimum atomic E-state index is 0.177. The number of nitrogens with zero attached hydrogens (tertiary/aromatic N) is 1. The Balaban J connectivity index is 1.67. The van der Waals surface area contributed by atoms with Crippen molar-refractivity contribution >= 4 is 23.1 Å². The van der Waals surface area contributed by atoms with Gasteiger partial charge in [-0.15, -0.1) is 0 Å². The molecule has 0 unspecified atom stereocenters. The normalized spacial score (nSPS) is 23.1. The first kappa shape index (κ1) is 13.7. The van der Waals surface area contributed by atoms with E-state index in [4.69, 9.17) is 18.0 Å². The standard InChI is InChI=1S/C13H23N3OS/c14-13(18)10-5-7-16(8-6-10)9-12(17)15-11-3-1-2-4-11/h10-11H,1-9H2,(H2,14,18)(H,15,17). The van der Waals surface area contributed by atoms with E-state index in [1.807, 2.05) is 0 Å². The van der Waals surface area contributed by atoms with Crippen molar-refractivity contribution in [2.45, 2.75) is 44.6 Å². The molecule has 1 saturated heterocycles. The number of likely N-dealkylation sites (tertiary alicyclic amines) is 1. The Bertz CT molecular complexity index is 307. The molecule has 0 aromatic rings. The van der Waals surface area contributed by atoms with Gasteiger partial charge in [-0.25, -0.2) is 0 Å². The lowest BCUT2D eigenvalue weighted by Gasteiger charge is -2.31. The van der Waals surface area contributed by atoms with Gasteiger partial charge in [0, 0.05) is 12.0 Å². The molecular formula is C13H23N3OS. The van der Waals surface area contributed by atoms with E-state index >= 15 is 0 Å². The highest BCUT2D eigenvalue weighted by molar-refractivity contribution is 7.80. The summed E-state index contributed by atoms with van der Waals surface area (Å²) in [4.78, 5) is 14.7. The summed E-state index contributed by atoms with van der Waals surface area (Å²) >= 11 is 5.02. The number of rotatable bonds is 4. The predicted molar refractivity (Wildman–Crippen MR) is 76.3 cm³/mol. The maximum atomic E-state index is 11.9. The van der Waals surface area contributed by atoms with Crippen LogP contribution in [0.4, 0.5) is 0 Å². The molecule has 2 fully saturated rings. The average molecular weight is 269 g/mol. The van der Waals surface area contributed by atoms with Gasteiger partial charge in [0.25, 0.3) is 0 Å². The van der Waals surface area contributed by atoms with Crippen LogP contribution in [0.3, 0.4) is 0 Å². The molecule has 1 heterocycles. The number of hydrogen-bond donors (Lipinski definition) is 2. The third-order valence-electron chi connectivity index (χ3n) is 4.08. The molecule has 5 heteroatoms. The number of amides is 1. The van der Waals surface area contributed by atoms with Crippen molar-refractivity contribution in [2.24, 2.45) is 11.7 Å². The van der Waals surface area contributed by atoms with E-state index in [0.717, 1.165) is 38.8 Å². The molecule has 1 saturated carbocycles. The Labute approximate surface area is 114 Å². The first-order chi connectivity index (χ1) is 8.65. The summed E-state index contributed by atoms with van der Waals surface area (Å²) in [5, 5.41) is 3.13. The van der Waals surface area contributed by atoms with Crippen molar-refractivity contribution in [1.29, 1.82) is 0 Å². The fourth-order valence-electron chi connectivity index (χ4n) is 2.92. The molecule has 0 radical (unpaired) electrons. The molecule has 1 aliphatic heterocycles. The molecule has 3 N–H and O–H groups in total. The lowest BCUT2D eigenvalue weighted by molar-refractivity contribution is -0.123. The van der Waals surface area contributed by atoms with Crippen LogP contribution in [0.1, 0.15) is 38.5 Å². The molecule has 0 spiro atoms. The third-order valence-corrected chi connectivity index (χ3v) is 4.41. The molecule has 1 aliphatic carbocycles. The fraction of sp³-hybridized carbons (Fsp3) is 0.846. The van der Waals surface area contributed by atoms with E-state index < -0.39 is 0 Å². The van der Waals surface area contributed by atoms with Gasteiger partial charge in [0.05, 0.1) is 11.5 Å². The van der Waals surface area contributed by atoms with Crippen LogP contribution < -0.4 is 11.1 Å². The van der Waals surface area contributed by atoms with Crippen molar-refractivity contribution in [1.82, 2.24) is 10.2 Å².